The lowest BCUT2D eigenvalue weighted by Crippen LogP contribution is -1.90. The molecule has 1 saturated carbocycles. The monoisotopic (exact) mass is 281 g/mol. The van der Waals surface area contributed by atoms with Crippen LogP contribution in [0.3, 0.4) is 0 Å². The van der Waals surface area contributed by atoms with Crippen LogP contribution in [0.1, 0.15) is 24.5 Å². The Morgan fingerprint density at radius 1 is 1.29 bits per heavy atom. The van der Waals surface area contributed by atoms with E-state index in [4.69, 9.17) is 4.74 Å². The van der Waals surface area contributed by atoms with Crippen molar-refractivity contribution < 1.29 is 9.84 Å². The number of nitrogens with zero attached hydrogens (tertiary/aromatic N) is 2. The molecule has 2 heterocycles. The van der Waals surface area contributed by atoms with Crippen molar-refractivity contribution in [2.45, 2.75) is 18.8 Å². The molecule has 21 heavy (non-hydrogen) atoms. The van der Waals surface area contributed by atoms with Gasteiger partial charge in [0.2, 0.25) is 0 Å². The van der Waals surface area contributed by atoms with Gasteiger partial charge in [-0.15, -0.1) is 0 Å². The molecule has 0 aliphatic heterocycles. The third-order valence-corrected chi connectivity index (χ3v) is 3.93. The Bertz CT molecular complexity index is 822. The number of ether oxygens (including phenoxy) is 1. The highest BCUT2D eigenvalue weighted by atomic mass is 16.5. The van der Waals surface area contributed by atoms with Crippen LogP contribution in [0.2, 0.25) is 0 Å². The van der Waals surface area contributed by atoms with Gasteiger partial charge < -0.3 is 9.84 Å². The van der Waals surface area contributed by atoms with E-state index in [0.717, 1.165) is 22.2 Å². The van der Waals surface area contributed by atoms with Crippen LogP contribution in [0.25, 0.3) is 22.2 Å². The van der Waals surface area contributed by atoms with Crippen molar-refractivity contribution in [1.29, 1.82) is 0 Å². The molecule has 1 aromatic carbocycles. The highest BCUT2D eigenvalue weighted by Crippen LogP contribution is 2.44. The van der Waals surface area contributed by atoms with Crippen molar-refractivity contribution in [2.75, 3.05) is 7.11 Å². The van der Waals surface area contributed by atoms with Gasteiger partial charge in [0.1, 0.15) is 0 Å². The Labute approximate surface area is 121 Å². The zero-order valence-electron chi connectivity index (χ0n) is 11.6. The minimum Gasteiger partial charge on any atom is -0.504 e. The van der Waals surface area contributed by atoms with Gasteiger partial charge in [-0.05, 0) is 37.1 Å². The van der Waals surface area contributed by atoms with Gasteiger partial charge in [0.05, 0.1) is 18.3 Å². The number of phenolic OH excluding ortho intramolecular Hbond substituents is 1. The number of hydrogen-bond acceptors (Lipinski definition) is 4. The third kappa shape index (κ3) is 1.93. The maximum Gasteiger partial charge on any atom is 0.161 e. The highest BCUT2D eigenvalue weighted by molar-refractivity contribution is 5.95. The van der Waals surface area contributed by atoms with Crippen molar-refractivity contribution >= 4 is 10.9 Å². The van der Waals surface area contributed by atoms with Crippen molar-refractivity contribution in [2.24, 2.45) is 0 Å². The molecule has 0 atom stereocenters. The van der Waals surface area contributed by atoms with E-state index in [1.807, 2.05) is 12.1 Å². The topological polar surface area (TPSA) is 71.0 Å². The number of H-pyrrole nitrogens is 1. The second kappa shape index (κ2) is 4.48. The van der Waals surface area contributed by atoms with E-state index in [1.165, 1.54) is 18.5 Å². The van der Waals surface area contributed by atoms with Gasteiger partial charge in [0.15, 0.2) is 11.5 Å². The summed E-state index contributed by atoms with van der Waals surface area (Å²) in [5.41, 5.74) is 3.88. The Kier molecular flexibility index (Phi) is 2.60. The first-order valence-electron chi connectivity index (χ1n) is 6.98. The van der Waals surface area contributed by atoms with Crippen LogP contribution in [-0.4, -0.2) is 27.4 Å². The zero-order valence-corrected chi connectivity index (χ0v) is 11.6. The standard InChI is InChI=1S/C16H15N3O2/c1-21-13-8-10(4-5-12(13)20)15-14-11(6-7-17-15)18-19-16(14)9-2-3-9/h4-9,20H,2-3H2,1H3,(H,18,19). The number of aromatic hydroxyl groups is 1. The number of pyridine rings is 1. The molecule has 1 aliphatic rings. The number of nitrogens with one attached hydrogen (secondary N) is 1. The Morgan fingerprint density at radius 2 is 2.14 bits per heavy atom. The largest absolute Gasteiger partial charge is 0.504 e. The number of aromatic nitrogens is 3. The summed E-state index contributed by atoms with van der Waals surface area (Å²) in [5, 5.41) is 18.4. The van der Waals surface area contributed by atoms with Crippen LogP contribution >= 0.6 is 0 Å². The molecule has 2 aromatic heterocycles. The van der Waals surface area contributed by atoms with E-state index in [9.17, 15) is 5.11 Å². The molecular formula is C16H15N3O2. The molecule has 5 nitrogen and oxygen atoms in total. The van der Waals surface area contributed by atoms with Crippen LogP contribution in [-0.2, 0) is 0 Å². The van der Waals surface area contributed by atoms with Crippen LogP contribution in [0.4, 0.5) is 0 Å². The fraction of sp³-hybridized carbons (Fsp3) is 0.250. The number of fused-ring (bicyclic) bond motifs is 1. The fourth-order valence-electron chi connectivity index (χ4n) is 2.70. The molecule has 106 valence electrons. The molecule has 0 saturated heterocycles. The van der Waals surface area contributed by atoms with Crippen LogP contribution in [0.15, 0.2) is 30.5 Å². The summed E-state index contributed by atoms with van der Waals surface area (Å²) in [6.07, 6.45) is 4.16. The molecule has 1 fully saturated rings. The molecule has 0 amide bonds. The van der Waals surface area contributed by atoms with Crippen molar-refractivity contribution in [3.8, 4) is 22.8 Å². The van der Waals surface area contributed by atoms with E-state index >= 15 is 0 Å². The Morgan fingerprint density at radius 3 is 2.90 bits per heavy atom. The zero-order chi connectivity index (χ0) is 14.4. The first-order valence-corrected chi connectivity index (χ1v) is 6.98. The predicted molar refractivity (Wildman–Crippen MR) is 79.5 cm³/mol. The molecule has 3 aromatic rings. The van der Waals surface area contributed by atoms with Gasteiger partial charge in [-0.25, -0.2) is 0 Å². The smallest absolute Gasteiger partial charge is 0.161 e. The second-order valence-corrected chi connectivity index (χ2v) is 5.35. The first-order chi connectivity index (χ1) is 10.3. The minimum absolute atomic E-state index is 0.128. The maximum absolute atomic E-state index is 9.74. The number of hydrogen-bond donors (Lipinski definition) is 2. The fourth-order valence-corrected chi connectivity index (χ4v) is 2.70. The average molecular weight is 281 g/mol. The van der Waals surface area contributed by atoms with Gasteiger partial charge >= 0.3 is 0 Å². The first kappa shape index (κ1) is 12.2. The summed E-state index contributed by atoms with van der Waals surface area (Å²) < 4.78 is 5.19. The number of phenols is 1. The van der Waals surface area contributed by atoms with Crippen LogP contribution < -0.4 is 4.74 Å². The number of benzene rings is 1. The summed E-state index contributed by atoms with van der Waals surface area (Å²) in [6, 6.07) is 7.20. The summed E-state index contributed by atoms with van der Waals surface area (Å²) in [7, 11) is 1.54. The number of rotatable bonds is 3. The normalized spacial score (nSPS) is 14.5. The van der Waals surface area contributed by atoms with Gasteiger partial charge in [0, 0.05) is 28.8 Å². The predicted octanol–water partition coefficient (Wildman–Crippen LogP) is 3.22. The van der Waals surface area contributed by atoms with Crippen LogP contribution in [0, 0.1) is 0 Å². The Balaban J connectivity index is 1.95. The lowest BCUT2D eigenvalue weighted by molar-refractivity contribution is 0.373. The quantitative estimate of drug-likeness (QED) is 0.773. The SMILES string of the molecule is COc1cc(-c2nccc3n[nH]c(C4CC4)c23)ccc1O. The summed E-state index contributed by atoms with van der Waals surface area (Å²) in [4.78, 5) is 4.53. The van der Waals surface area contributed by atoms with Gasteiger partial charge in [-0.2, -0.15) is 5.10 Å². The molecular weight excluding hydrogens is 266 g/mol. The maximum atomic E-state index is 9.74. The molecule has 1 aliphatic carbocycles. The summed E-state index contributed by atoms with van der Waals surface area (Å²) in [6.45, 7) is 0. The molecule has 0 radical (unpaired) electrons. The number of aromatic amines is 1. The molecule has 2 N–H and O–H groups in total. The number of methoxy groups -OCH3 is 1. The van der Waals surface area contributed by atoms with E-state index in [0.29, 0.717) is 11.7 Å². The van der Waals surface area contributed by atoms with Crippen molar-refractivity contribution in [3.05, 3.63) is 36.2 Å². The van der Waals surface area contributed by atoms with E-state index in [-0.39, 0.29) is 5.75 Å². The van der Waals surface area contributed by atoms with Crippen molar-refractivity contribution in [1.82, 2.24) is 15.2 Å². The third-order valence-electron chi connectivity index (χ3n) is 3.93. The Hall–Kier alpha value is -2.56. The van der Waals surface area contributed by atoms with E-state index in [1.54, 1.807) is 25.4 Å². The van der Waals surface area contributed by atoms with Gasteiger partial charge in [-0.1, -0.05) is 0 Å². The minimum atomic E-state index is 0.128. The second-order valence-electron chi connectivity index (χ2n) is 5.35. The highest BCUT2D eigenvalue weighted by Gasteiger charge is 2.29. The van der Waals surface area contributed by atoms with Crippen molar-refractivity contribution in [3.63, 3.8) is 0 Å². The molecule has 5 heteroatoms. The van der Waals surface area contributed by atoms with Crippen LogP contribution in [0.5, 0.6) is 11.5 Å². The molecule has 0 bridgehead atoms. The lowest BCUT2D eigenvalue weighted by atomic mass is 10.0. The van der Waals surface area contributed by atoms with Gasteiger partial charge in [-0.3, -0.25) is 10.1 Å². The van der Waals surface area contributed by atoms with E-state index in [2.05, 4.69) is 15.2 Å². The summed E-state index contributed by atoms with van der Waals surface area (Å²) in [5.74, 6) is 1.14. The summed E-state index contributed by atoms with van der Waals surface area (Å²) >= 11 is 0. The average Bonchev–Trinajstić information content (AvgIpc) is 3.26. The lowest BCUT2D eigenvalue weighted by Gasteiger charge is -2.08. The molecule has 0 unspecified atom stereocenters. The molecule has 0 spiro atoms. The molecule has 4 rings (SSSR count). The van der Waals surface area contributed by atoms with E-state index < -0.39 is 0 Å². The van der Waals surface area contributed by atoms with Gasteiger partial charge in [0.25, 0.3) is 0 Å².